The van der Waals surface area contributed by atoms with E-state index in [2.05, 4.69) is 15.1 Å². The van der Waals surface area contributed by atoms with Crippen molar-refractivity contribution in [1.82, 2.24) is 19.7 Å². The number of hydrogen-bond acceptors (Lipinski definition) is 3. The first-order chi connectivity index (χ1) is 9.06. The zero-order valence-corrected chi connectivity index (χ0v) is 12.8. The van der Waals surface area contributed by atoms with Crippen LogP contribution < -0.4 is 0 Å². The second kappa shape index (κ2) is 4.84. The normalized spacial score (nSPS) is 11.2. The number of halogens is 4. The van der Waals surface area contributed by atoms with Crippen LogP contribution in [0.5, 0.6) is 0 Å². The Morgan fingerprint density at radius 3 is 2.74 bits per heavy atom. The average Bonchev–Trinajstić information content (AvgIpc) is 2.73. The molecule has 0 N–H and O–H groups in total. The lowest BCUT2D eigenvalue weighted by molar-refractivity contribution is 0.611. The molecule has 2 aromatic heterocycles. The summed E-state index contributed by atoms with van der Waals surface area (Å²) in [6.45, 7) is 0. The summed E-state index contributed by atoms with van der Waals surface area (Å²) in [7, 11) is 0. The van der Waals surface area contributed by atoms with Gasteiger partial charge < -0.3 is 0 Å². The van der Waals surface area contributed by atoms with Crippen molar-refractivity contribution in [2.45, 2.75) is 0 Å². The van der Waals surface area contributed by atoms with Gasteiger partial charge in [0.15, 0.2) is 5.65 Å². The van der Waals surface area contributed by atoms with Crippen LogP contribution in [0.4, 0.5) is 4.39 Å². The van der Waals surface area contributed by atoms with Gasteiger partial charge in [-0.1, -0.05) is 11.6 Å². The molecule has 0 fully saturated rings. The number of fused-ring (bicyclic) bond motifs is 1. The van der Waals surface area contributed by atoms with Gasteiger partial charge in [-0.2, -0.15) is 10.1 Å². The molecule has 0 saturated heterocycles. The fraction of sp³-hybridized carbons (Fsp3) is 0. The van der Waals surface area contributed by atoms with E-state index in [9.17, 15) is 4.39 Å². The number of hydrogen-bond donors (Lipinski definition) is 0. The van der Waals surface area contributed by atoms with Gasteiger partial charge in [-0.15, -0.1) is 0 Å². The van der Waals surface area contributed by atoms with Crippen molar-refractivity contribution in [3.05, 3.63) is 44.2 Å². The van der Waals surface area contributed by atoms with Gasteiger partial charge in [-0.25, -0.2) is 14.1 Å². The molecule has 19 heavy (non-hydrogen) atoms. The van der Waals surface area contributed by atoms with Gasteiger partial charge in [-0.05, 0) is 52.4 Å². The van der Waals surface area contributed by atoms with Gasteiger partial charge in [0.25, 0.3) is 0 Å². The largest absolute Gasteiger partial charge is 0.225 e. The van der Waals surface area contributed by atoms with Gasteiger partial charge in [0.2, 0.25) is 5.28 Å². The number of nitrogens with zero attached hydrogens (tertiary/aromatic N) is 4. The Bertz CT molecular complexity index is 790. The molecular formula is C11H4Cl2FIN4. The fourth-order valence-corrected chi connectivity index (χ4v) is 2.55. The Morgan fingerprint density at radius 2 is 2.00 bits per heavy atom. The molecule has 0 unspecified atom stereocenters. The van der Waals surface area contributed by atoms with Crippen molar-refractivity contribution in [2.24, 2.45) is 0 Å². The second-order valence-electron chi connectivity index (χ2n) is 3.67. The summed E-state index contributed by atoms with van der Waals surface area (Å²) < 4.78 is 16.1. The molecule has 8 heteroatoms. The molecule has 3 aromatic rings. The minimum atomic E-state index is -0.400. The van der Waals surface area contributed by atoms with Gasteiger partial charge in [-0.3, -0.25) is 0 Å². The molecule has 3 rings (SSSR count). The smallest absolute Gasteiger partial charge is 0.212 e. The molecule has 0 saturated carbocycles. The van der Waals surface area contributed by atoms with Crippen LogP contribution in [-0.4, -0.2) is 19.7 Å². The third-order valence-corrected chi connectivity index (χ3v) is 3.62. The zero-order chi connectivity index (χ0) is 13.6. The summed E-state index contributed by atoms with van der Waals surface area (Å²) in [5.74, 6) is -0.400. The average molecular weight is 409 g/mol. The molecule has 4 nitrogen and oxygen atoms in total. The highest BCUT2D eigenvalue weighted by molar-refractivity contribution is 14.1. The number of aromatic nitrogens is 4. The quantitative estimate of drug-likeness (QED) is 0.349. The third kappa shape index (κ3) is 2.28. The lowest BCUT2D eigenvalue weighted by atomic mass is 10.3. The van der Waals surface area contributed by atoms with E-state index in [1.165, 1.54) is 16.9 Å². The minimum absolute atomic E-state index is 0.00910. The van der Waals surface area contributed by atoms with Gasteiger partial charge in [0.05, 0.1) is 11.6 Å². The molecule has 96 valence electrons. The second-order valence-corrected chi connectivity index (χ2v) is 5.61. The van der Waals surface area contributed by atoms with Crippen molar-refractivity contribution < 1.29 is 4.39 Å². The van der Waals surface area contributed by atoms with Crippen molar-refractivity contribution in [2.75, 3.05) is 0 Å². The SMILES string of the molecule is Fc1cc(I)ccc1-n1ncc2c(Cl)nc(Cl)nc21. The highest BCUT2D eigenvalue weighted by atomic mass is 127. The summed E-state index contributed by atoms with van der Waals surface area (Å²) in [4.78, 5) is 7.85. The standard InChI is InChI=1S/C11H4Cl2FIN4/c12-9-6-4-16-19(10(6)18-11(13)17-9)8-2-1-5(15)3-7(8)14/h1-4H. The van der Waals surface area contributed by atoms with Crippen LogP contribution in [0.3, 0.4) is 0 Å². The van der Waals surface area contributed by atoms with Crippen LogP contribution in [0.25, 0.3) is 16.7 Å². The van der Waals surface area contributed by atoms with Gasteiger partial charge in [0.1, 0.15) is 16.7 Å². The Kier molecular flexibility index (Phi) is 3.32. The number of rotatable bonds is 1. The molecule has 0 bridgehead atoms. The summed E-state index contributed by atoms with van der Waals surface area (Å²) in [6, 6.07) is 4.80. The maximum absolute atomic E-state index is 14.0. The Hall–Kier alpha value is -0.990. The summed E-state index contributed by atoms with van der Waals surface area (Å²) in [5, 5.41) is 4.78. The predicted octanol–water partition coefficient (Wildman–Crippen LogP) is 3.87. The van der Waals surface area contributed by atoms with Crippen LogP contribution in [0.2, 0.25) is 10.4 Å². The lowest BCUT2D eigenvalue weighted by Crippen LogP contribution is -2.01. The van der Waals surface area contributed by atoms with E-state index >= 15 is 0 Å². The molecule has 1 aromatic carbocycles. The number of benzene rings is 1. The minimum Gasteiger partial charge on any atom is -0.212 e. The molecule has 0 aliphatic heterocycles. The van der Waals surface area contributed by atoms with E-state index in [4.69, 9.17) is 23.2 Å². The molecule has 0 amide bonds. The van der Waals surface area contributed by atoms with Crippen LogP contribution in [0, 0.1) is 9.39 Å². The summed E-state index contributed by atoms with van der Waals surface area (Å²) in [5.41, 5.74) is 0.645. The van der Waals surface area contributed by atoms with E-state index < -0.39 is 5.82 Å². The zero-order valence-electron chi connectivity index (χ0n) is 9.11. The van der Waals surface area contributed by atoms with Crippen molar-refractivity contribution in [3.8, 4) is 5.69 Å². The molecule has 0 spiro atoms. The van der Waals surface area contributed by atoms with Crippen LogP contribution >= 0.6 is 45.8 Å². The van der Waals surface area contributed by atoms with E-state index in [1.54, 1.807) is 12.1 Å². The van der Waals surface area contributed by atoms with Crippen LogP contribution in [-0.2, 0) is 0 Å². The summed E-state index contributed by atoms with van der Waals surface area (Å²) in [6.07, 6.45) is 1.48. The van der Waals surface area contributed by atoms with Crippen LogP contribution in [0.15, 0.2) is 24.4 Å². The first-order valence-corrected chi connectivity index (χ1v) is 6.92. The first-order valence-electron chi connectivity index (χ1n) is 5.08. The van der Waals surface area contributed by atoms with E-state index in [1.807, 2.05) is 22.6 Å². The lowest BCUT2D eigenvalue weighted by Gasteiger charge is -2.05. The van der Waals surface area contributed by atoms with E-state index in [0.717, 1.165) is 3.57 Å². The first kappa shape index (κ1) is 13.0. The molecule has 0 aliphatic rings. The fourth-order valence-electron chi connectivity index (χ4n) is 1.68. The third-order valence-electron chi connectivity index (χ3n) is 2.49. The Labute approximate surface area is 130 Å². The van der Waals surface area contributed by atoms with Crippen molar-refractivity contribution in [3.63, 3.8) is 0 Å². The maximum atomic E-state index is 14.0. The van der Waals surface area contributed by atoms with Crippen molar-refractivity contribution >= 4 is 56.8 Å². The Balaban J connectivity index is 2.31. The van der Waals surface area contributed by atoms with E-state index in [-0.39, 0.29) is 16.1 Å². The summed E-state index contributed by atoms with van der Waals surface area (Å²) >= 11 is 13.7. The Morgan fingerprint density at radius 1 is 1.21 bits per heavy atom. The monoisotopic (exact) mass is 408 g/mol. The predicted molar refractivity (Wildman–Crippen MR) is 79.4 cm³/mol. The highest BCUT2D eigenvalue weighted by Gasteiger charge is 2.14. The van der Waals surface area contributed by atoms with Crippen LogP contribution in [0.1, 0.15) is 0 Å². The maximum Gasteiger partial charge on any atom is 0.225 e. The molecule has 0 atom stereocenters. The molecule has 0 radical (unpaired) electrons. The highest BCUT2D eigenvalue weighted by Crippen LogP contribution is 2.25. The van der Waals surface area contributed by atoms with Crippen molar-refractivity contribution in [1.29, 1.82) is 0 Å². The van der Waals surface area contributed by atoms with Gasteiger partial charge >= 0.3 is 0 Å². The molecule has 0 aliphatic carbocycles. The van der Waals surface area contributed by atoms with Gasteiger partial charge in [0, 0.05) is 3.57 Å². The molecular weight excluding hydrogens is 405 g/mol. The molecule has 2 heterocycles. The van der Waals surface area contributed by atoms with E-state index in [0.29, 0.717) is 11.0 Å². The topological polar surface area (TPSA) is 43.6 Å².